The smallest absolute Gasteiger partial charge is 0.233 e. The molecule has 3 unspecified atom stereocenters. The molecule has 1 heterocycles. The summed E-state index contributed by atoms with van der Waals surface area (Å²) in [6, 6.07) is 0. The van der Waals surface area contributed by atoms with Crippen molar-refractivity contribution in [1.82, 2.24) is 4.98 Å². The van der Waals surface area contributed by atoms with Crippen molar-refractivity contribution in [1.29, 1.82) is 0 Å². The number of thiazole rings is 1. The summed E-state index contributed by atoms with van der Waals surface area (Å²) >= 11 is 1.62. The number of hydrogen-bond donors (Lipinski definition) is 1. The molecule has 2 saturated carbocycles. The maximum Gasteiger partial charge on any atom is 0.233 e. The van der Waals surface area contributed by atoms with Gasteiger partial charge in [0, 0.05) is 16.7 Å². The van der Waals surface area contributed by atoms with Gasteiger partial charge < -0.3 is 5.32 Å². The quantitative estimate of drug-likeness (QED) is 0.881. The van der Waals surface area contributed by atoms with E-state index in [0.717, 1.165) is 36.5 Å². The van der Waals surface area contributed by atoms with E-state index in [9.17, 15) is 9.59 Å². The molecule has 130 valence electrons. The van der Waals surface area contributed by atoms with E-state index in [0.29, 0.717) is 12.3 Å². The molecule has 0 aromatic carbocycles. The fraction of sp³-hybridized carbons (Fsp3) is 0.737. The topological polar surface area (TPSA) is 59.1 Å². The van der Waals surface area contributed by atoms with Crippen LogP contribution in [-0.4, -0.2) is 16.7 Å². The van der Waals surface area contributed by atoms with Crippen LogP contribution in [0.2, 0.25) is 0 Å². The monoisotopic (exact) mass is 346 g/mol. The zero-order valence-electron chi connectivity index (χ0n) is 15.0. The van der Waals surface area contributed by atoms with Crippen LogP contribution in [0.5, 0.6) is 0 Å². The van der Waals surface area contributed by atoms with Crippen molar-refractivity contribution in [3.8, 4) is 0 Å². The van der Waals surface area contributed by atoms with E-state index in [1.807, 2.05) is 6.92 Å². The van der Waals surface area contributed by atoms with Gasteiger partial charge in [0.25, 0.3) is 0 Å². The Bertz CT molecular complexity index is 738. The van der Waals surface area contributed by atoms with Gasteiger partial charge in [-0.15, -0.1) is 11.3 Å². The number of rotatable bonds is 2. The molecule has 4 rings (SSSR count). The van der Waals surface area contributed by atoms with E-state index < -0.39 is 5.41 Å². The minimum atomic E-state index is -0.571. The normalized spacial score (nSPS) is 36.7. The highest BCUT2D eigenvalue weighted by Gasteiger charge is 2.72. The largest absolute Gasteiger partial charge is 0.301 e. The molecule has 1 N–H and O–H groups in total. The Balaban J connectivity index is 1.60. The van der Waals surface area contributed by atoms with Gasteiger partial charge in [-0.3, -0.25) is 9.59 Å². The highest BCUT2D eigenvalue weighted by Crippen LogP contribution is 2.70. The predicted octanol–water partition coefficient (Wildman–Crippen LogP) is 3.99. The van der Waals surface area contributed by atoms with Crippen LogP contribution >= 0.6 is 11.3 Å². The van der Waals surface area contributed by atoms with Crippen LogP contribution in [0.25, 0.3) is 0 Å². The first-order chi connectivity index (χ1) is 11.2. The Morgan fingerprint density at radius 2 is 2.04 bits per heavy atom. The van der Waals surface area contributed by atoms with Gasteiger partial charge in [0.15, 0.2) is 5.13 Å². The number of aryl methyl sites for hydroxylation is 1. The second kappa shape index (κ2) is 4.90. The van der Waals surface area contributed by atoms with Gasteiger partial charge in [-0.25, -0.2) is 4.98 Å². The molecule has 0 aliphatic heterocycles. The summed E-state index contributed by atoms with van der Waals surface area (Å²) in [7, 11) is 0. The molecule has 3 atom stereocenters. The molecule has 0 spiro atoms. The van der Waals surface area contributed by atoms with Crippen molar-refractivity contribution < 1.29 is 9.59 Å². The minimum Gasteiger partial charge on any atom is -0.301 e. The lowest BCUT2D eigenvalue weighted by Crippen LogP contribution is -2.43. The van der Waals surface area contributed by atoms with Crippen LogP contribution in [0.4, 0.5) is 5.13 Å². The molecule has 1 aromatic heterocycles. The number of carbonyl (C=O) groups is 2. The van der Waals surface area contributed by atoms with Crippen molar-refractivity contribution in [2.24, 2.45) is 22.2 Å². The molecular formula is C19H26N2O2S. The average molecular weight is 346 g/mol. The molecule has 2 bridgehead atoms. The molecule has 0 saturated heterocycles. The molecule has 1 aromatic rings. The third-order valence-corrected chi connectivity index (χ3v) is 8.58. The van der Waals surface area contributed by atoms with Gasteiger partial charge in [0.1, 0.15) is 5.78 Å². The summed E-state index contributed by atoms with van der Waals surface area (Å²) in [4.78, 5) is 31.7. The molecular weight excluding hydrogens is 320 g/mol. The SMILES string of the molecule is CC1CCc2nc(NC(=O)C34CCC(C)(C(=O)C3)C4(C)C)sc2C1. The van der Waals surface area contributed by atoms with Crippen LogP contribution in [0.15, 0.2) is 0 Å². The molecule has 5 heteroatoms. The predicted molar refractivity (Wildman–Crippen MR) is 95.1 cm³/mol. The molecule has 24 heavy (non-hydrogen) atoms. The van der Waals surface area contributed by atoms with Crippen LogP contribution in [0, 0.1) is 22.2 Å². The average Bonchev–Trinajstić information content (AvgIpc) is 3.03. The lowest BCUT2D eigenvalue weighted by molar-refractivity contribution is -0.131. The number of fused-ring (bicyclic) bond motifs is 3. The first-order valence-electron chi connectivity index (χ1n) is 9.03. The van der Waals surface area contributed by atoms with Crippen molar-refractivity contribution >= 4 is 28.2 Å². The molecule has 3 aliphatic rings. The maximum atomic E-state index is 13.2. The van der Waals surface area contributed by atoms with E-state index in [4.69, 9.17) is 0 Å². The third-order valence-electron chi connectivity index (χ3n) is 7.55. The summed E-state index contributed by atoms with van der Waals surface area (Å²) in [5.41, 5.74) is -0.0730. The summed E-state index contributed by atoms with van der Waals surface area (Å²) in [6.07, 6.45) is 5.25. The van der Waals surface area contributed by atoms with Crippen LogP contribution in [-0.2, 0) is 22.4 Å². The first-order valence-corrected chi connectivity index (χ1v) is 9.85. The Kier molecular flexibility index (Phi) is 3.32. The molecule has 4 nitrogen and oxygen atoms in total. The van der Waals surface area contributed by atoms with Gasteiger partial charge in [0.2, 0.25) is 5.91 Å². The Labute approximate surface area is 147 Å². The first kappa shape index (κ1) is 16.2. The van der Waals surface area contributed by atoms with Gasteiger partial charge in [0.05, 0.1) is 11.1 Å². The highest BCUT2D eigenvalue weighted by molar-refractivity contribution is 7.15. The second-order valence-electron chi connectivity index (χ2n) is 8.83. The standard InChI is InChI=1S/C19H26N2O2S/c1-11-5-6-12-13(9-11)24-16(20-12)21-15(23)19-8-7-18(4,14(22)10-19)17(19,2)3/h11H,5-10H2,1-4H3,(H,20,21,23). The van der Waals surface area contributed by atoms with E-state index in [1.54, 1.807) is 11.3 Å². The van der Waals surface area contributed by atoms with Gasteiger partial charge in [-0.05, 0) is 43.4 Å². The lowest BCUT2D eigenvalue weighted by Gasteiger charge is -2.38. The summed E-state index contributed by atoms with van der Waals surface area (Å²) in [6.45, 7) is 8.50. The summed E-state index contributed by atoms with van der Waals surface area (Å²) in [5.74, 6) is 0.949. The van der Waals surface area contributed by atoms with Gasteiger partial charge in [-0.1, -0.05) is 27.7 Å². The number of amides is 1. The summed E-state index contributed by atoms with van der Waals surface area (Å²) in [5, 5.41) is 3.80. The van der Waals surface area contributed by atoms with E-state index in [1.165, 1.54) is 11.3 Å². The lowest BCUT2D eigenvalue weighted by atomic mass is 9.64. The minimum absolute atomic E-state index is 0.00113. The molecule has 2 fully saturated rings. The Morgan fingerprint density at radius 3 is 2.67 bits per heavy atom. The summed E-state index contributed by atoms with van der Waals surface area (Å²) < 4.78 is 0. The molecule has 3 aliphatic carbocycles. The zero-order chi connectivity index (χ0) is 17.3. The molecule has 1 amide bonds. The number of Topliss-reactive ketones (excluding diaryl/α,β-unsaturated/α-hetero) is 1. The van der Waals surface area contributed by atoms with Gasteiger partial charge in [-0.2, -0.15) is 0 Å². The fourth-order valence-electron chi connectivity index (χ4n) is 5.17. The van der Waals surface area contributed by atoms with Crippen molar-refractivity contribution in [2.45, 2.75) is 66.2 Å². The zero-order valence-corrected chi connectivity index (χ0v) is 15.8. The van der Waals surface area contributed by atoms with Gasteiger partial charge >= 0.3 is 0 Å². The second-order valence-corrected chi connectivity index (χ2v) is 9.91. The number of nitrogens with zero attached hydrogens (tertiary/aromatic N) is 1. The van der Waals surface area contributed by atoms with E-state index in [-0.39, 0.29) is 22.5 Å². The Morgan fingerprint density at radius 1 is 1.29 bits per heavy atom. The number of anilines is 1. The number of aromatic nitrogens is 1. The van der Waals surface area contributed by atoms with Crippen molar-refractivity contribution in [2.75, 3.05) is 5.32 Å². The van der Waals surface area contributed by atoms with E-state index in [2.05, 4.69) is 31.1 Å². The fourth-order valence-corrected chi connectivity index (χ4v) is 6.34. The van der Waals surface area contributed by atoms with Crippen LogP contribution in [0.3, 0.4) is 0 Å². The van der Waals surface area contributed by atoms with Crippen LogP contribution < -0.4 is 5.32 Å². The molecule has 0 radical (unpaired) electrons. The highest BCUT2D eigenvalue weighted by atomic mass is 32.1. The number of hydrogen-bond acceptors (Lipinski definition) is 4. The Hall–Kier alpha value is -1.23. The number of carbonyl (C=O) groups excluding carboxylic acids is 2. The number of ketones is 1. The third kappa shape index (κ3) is 1.88. The number of nitrogens with one attached hydrogen (secondary N) is 1. The van der Waals surface area contributed by atoms with Crippen molar-refractivity contribution in [3.63, 3.8) is 0 Å². The van der Waals surface area contributed by atoms with Crippen molar-refractivity contribution in [3.05, 3.63) is 10.6 Å². The van der Waals surface area contributed by atoms with E-state index >= 15 is 0 Å². The maximum absolute atomic E-state index is 13.2. The van der Waals surface area contributed by atoms with Crippen LogP contribution in [0.1, 0.15) is 63.9 Å².